The number of amides is 2. The molecule has 0 spiro atoms. The van der Waals surface area contributed by atoms with Crippen molar-refractivity contribution in [1.82, 2.24) is 5.32 Å². The van der Waals surface area contributed by atoms with Gasteiger partial charge in [-0.25, -0.2) is 0 Å². The summed E-state index contributed by atoms with van der Waals surface area (Å²) in [4.78, 5) is 23.5. The van der Waals surface area contributed by atoms with Crippen LogP contribution in [0.1, 0.15) is 43.5 Å². The second kappa shape index (κ2) is 11.0. The van der Waals surface area contributed by atoms with Gasteiger partial charge in [0, 0.05) is 23.9 Å². The van der Waals surface area contributed by atoms with Crippen LogP contribution in [0, 0.1) is 0 Å². The first-order chi connectivity index (χ1) is 13.5. The maximum atomic E-state index is 12.3. The van der Waals surface area contributed by atoms with E-state index < -0.39 is 0 Å². The zero-order valence-corrected chi connectivity index (χ0v) is 16.9. The first-order valence-corrected chi connectivity index (χ1v) is 9.61. The summed E-state index contributed by atoms with van der Waals surface area (Å²) in [5.41, 5.74) is 1.78. The first kappa shape index (κ1) is 21.4. The van der Waals surface area contributed by atoms with Crippen molar-refractivity contribution in [2.24, 2.45) is 0 Å². The molecule has 28 heavy (non-hydrogen) atoms. The molecule has 0 heterocycles. The van der Waals surface area contributed by atoms with Crippen LogP contribution in [-0.4, -0.2) is 23.5 Å². The molecule has 2 aromatic carbocycles. The fraction of sp³-hybridized carbons (Fsp3) is 0.286. The number of unbranched alkanes of at least 4 members (excludes halogenated alkanes) is 2. The van der Waals surface area contributed by atoms with Gasteiger partial charge >= 0.3 is 0 Å². The molecule has 0 saturated carbocycles. The van der Waals surface area contributed by atoms with E-state index in [2.05, 4.69) is 22.9 Å². The van der Waals surface area contributed by atoms with Crippen LogP contribution in [0.2, 0.25) is 0 Å². The average Bonchev–Trinajstić information content (AvgIpc) is 2.65. The molecular formula is C21H25N3O3S. The molecule has 6 nitrogen and oxygen atoms in total. The summed E-state index contributed by atoms with van der Waals surface area (Å²) in [5, 5.41) is 8.43. The molecule has 0 aliphatic heterocycles. The standard InChI is InChI=1S/C21H25N3O3S/c1-3-4-5-13-27-19-11-9-16(10-12-19)20(26)24-21(28)23-18-8-6-7-17(14-18)22-15(2)25/h6-12,14H,3-5,13H2,1-2H3,(H,22,25)(H2,23,24,26,28). The molecule has 3 N–H and O–H groups in total. The van der Waals surface area contributed by atoms with Crippen LogP contribution in [0.3, 0.4) is 0 Å². The van der Waals surface area contributed by atoms with E-state index in [1.54, 1.807) is 48.5 Å². The quantitative estimate of drug-likeness (QED) is 0.454. The Morgan fingerprint density at radius 3 is 2.32 bits per heavy atom. The molecule has 0 aliphatic carbocycles. The number of hydrogen-bond acceptors (Lipinski definition) is 4. The molecule has 2 rings (SSSR count). The number of anilines is 2. The van der Waals surface area contributed by atoms with Crippen molar-refractivity contribution in [1.29, 1.82) is 0 Å². The lowest BCUT2D eigenvalue weighted by atomic mass is 10.2. The summed E-state index contributed by atoms with van der Waals surface area (Å²) in [5.74, 6) is 0.266. The van der Waals surface area contributed by atoms with E-state index in [-0.39, 0.29) is 16.9 Å². The summed E-state index contributed by atoms with van der Waals surface area (Å²) in [7, 11) is 0. The highest BCUT2D eigenvalue weighted by molar-refractivity contribution is 7.80. The number of nitrogens with one attached hydrogen (secondary N) is 3. The molecule has 7 heteroatoms. The van der Waals surface area contributed by atoms with E-state index in [0.717, 1.165) is 25.0 Å². The van der Waals surface area contributed by atoms with E-state index in [0.29, 0.717) is 23.5 Å². The van der Waals surface area contributed by atoms with Gasteiger partial charge in [0.2, 0.25) is 5.91 Å². The van der Waals surface area contributed by atoms with Crippen LogP contribution in [0.25, 0.3) is 0 Å². The second-order valence-corrected chi connectivity index (χ2v) is 6.66. The summed E-state index contributed by atoms with van der Waals surface area (Å²) < 4.78 is 5.64. The lowest BCUT2D eigenvalue weighted by molar-refractivity contribution is -0.114. The van der Waals surface area contributed by atoms with Gasteiger partial charge in [0.05, 0.1) is 6.61 Å². The zero-order valence-electron chi connectivity index (χ0n) is 16.1. The minimum absolute atomic E-state index is 0.161. The summed E-state index contributed by atoms with van der Waals surface area (Å²) in [6.07, 6.45) is 3.30. The van der Waals surface area contributed by atoms with Crippen molar-refractivity contribution >= 4 is 40.5 Å². The normalized spacial score (nSPS) is 10.1. The molecule has 0 aromatic heterocycles. The minimum atomic E-state index is -0.312. The monoisotopic (exact) mass is 399 g/mol. The number of carbonyl (C=O) groups is 2. The van der Waals surface area contributed by atoms with Crippen molar-refractivity contribution in [3.8, 4) is 5.75 Å². The van der Waals surface area contributed by atoms with Crippen LogP contribution in [0.4, 0.5) is 11.4 Å². The number of rotatable bonds is 8. The van der Waals surface area contributed by atoms with Crippen molar-refractivity contribution in [2.45, 2.75) is 33.1 Å². The minimum Gasteiger partial charge on any atom is -0.494 e. The highest BCUT2D eigenvalue weighted by Gasteiger charge is 2.09. The third-order valence-electron chi connectivity index (χ3n) is 3.80. The Hall–Kier alpha value is -2.93. The van der Waals surface area contributed by atoms with Crippen molar-refractivity contribution in [3.05, 3.63) is 54.1 Å². The largest absolute Gasteiger partial charge is 0.494 e. The predicted octanol–water partition coefficient (Wildman–Crippen LogP) is 4.34. The van der Waals surface area contributed by atoms with E-state index in [1.165, 1.54) is 6.92 Å². The van der Waals surface area contributed by atoms with E-state index >= 15 is 0 Å². The molecule has 0 saturated heterocycles. The fourth-order valence-corrected chi connectivity index (χ4v) is 2.67. The van der Waals surface area contributed by atoms with Crippen molar-refractivity contribution < 1.29 is 14.3 Å². The van der Waals surface area contributed by atoms with Gasteiger partial charge in [0.15, 0.2) is 5.11 Å². The Balaban J connectivity index is 1.86. The third-order valence-corrected chi connectivity index (χ3v) is 4.01. The lowest BCUT2D eigenvalue weighted by Gasteiger charge is -2.11. The van der Waals surface area contributed by atoms with Gasteiger partial charge in [0.1, 0.15) is 5.75 Å². The Bertz CT molecular complexity index is 822. The molecular weight excluding hydrogens is 374 g/mol. The molecule has 2 aromatic rings. The molecule has 0 atom stereocenters. The molecule has 0 fully saturated rings. The second-order valence-electron chi connectivity index (χ2n) is 6.25. The van der Waals surface area contributed by atoms with E-state index in [9.17, 15) is 9.59 Å². The predicted molar refractivity (Wildman–Crippen MR) is 116 cm³/mol. The SMILES string of the molecule is CCCCCOc1ccc(C(=O)NC(=S)Nc2cccc(NC(C)=O)c2)cc1. The highest BCUT2D eigenvalue weighted by Crippen LogP contribution is 2.15. The highest BCUT2D eigenvalue weighted by atomic mass is 32.1. The fourth-order valence-electron chi connectivity index (χ4n) is 2.46. The average molecular weight is 400 g/mol. The molecule has 2 amide bonds. The van der Waals surface area contributed by atoms with Crippen LogP contribution >= 0.6 is 12.2 Å². The van der Waals surface area contributed by atoms with Gasteiger partial charge in [-0.05, 0) is 61.1 Å². The first-order valence-electron chi connectivity index (χ1n) is 9.21. The number of carbonyl (C=O) groups excluding carboxylic acids is 2. The number of benzene rings is 2. The Labute approximate surface area is 170 Å². The topological polar surface area (TPSA) is 79.5 Å². The molecule has 148 valence electrons. The Morgan fingerprint density at radius 1 is 1.00 bits per heavy atom. The van der Waals surface area contributed by atoms with Crippen LogP contribution in [0.5, 0.6) is 5.75 Å². The molecule has 0 radical (unpaired) electrons. The maximum absolute atomic E-state index is 12.3. The van der Waals surface area contributed by atoms with Crippen LogP contribution in [0.15, 0.2) is 48.5 Å². The maximum Gasteiger partial charge on any atom is 0.257 e. The van der Waals surface area contributed by atoms with Gasteiger partial charge in [-0.15, -0.1) is 0 Å². The van der Waals surface area contributed by atoms with Crippen molar-refractivity contribution in [3.63, 3.8) is 0 Å². The third kappa shape index (κ3) is 7.36. The summed E-state index contributed by atoms with van der Waals surface area (Å²) >= 11 is 5.20. The Kier molecular flexibility index (Phi) is 8.42. The molecule has 0 aliphatic rings. The number of hydrogen-bond donors (Lipinski definition) is 3. The van der Waals surface area contributed by atoms with Gasteiger partial charge < -0.3 is 15.4 Å². The van der Waals surface area contributed by atoms with Crippen LogP contribution in [-0.2, 0) is 4.79 Å². The van der Waals surface area contributed by atoms with Gasteiger partial charge in [0.25, 0.3) is 5.91 Å². The molecule has 0 bridgehead atoms. The van der Waals surface area contributed by atoms with E-state index in [1.807, 2.05) is 0 Å². The van der Waals surface area contributed by atoms with E-state index in [4.69, 9.17) is 17.0 Å². The number of ether oxygens (including phenoxy) is 1. The van der Waals surface area contributed by atoms with Gasteiger partial charge in [-0.3, -0.25) is 14.9 Å². The summed E-state index contributed by atoms with van der Waals surface area (Å²) in [6, 6.07) is 14.0. The van der Waals surface area contributed by atoms with Gasteiger partial charge in [-0.1, -0.05) is 25.8 Å². The molecule has 0 unspecified atom stereocenters. The summed E-state index contributed by atoms with van der Waals surface area (Å²) in [6.45, 7) is 4.25. The zero-order chi connectivity index (χ0) is 20.4. The lowest BCUT2D eigenvalue weighted by Crippen LogP contribution is -2.34. The van der Waals surface area contributed by atoms with Gasteiger partial charge in [-0.2, -0.15) is 0 Å². The number of thiocarbonyl (C=S) groups is 1. The Morgan fingerprint density at radius 2 is 1.68 bits per heavy atom. The van der Waals surface area contributed by atoms with Crippen LogP contribution < -0.4 is 20.7 Å². The smallest absolute Gasteiger partial charge is 0.257 e. The van der Waals surface area contributed by atoms with Crippen molar-refractivity contribution in [2.75, 3.05) is 17.2 Å².